The number of hydrogen-bond donors (Lipinski definition) is 2. The minimum Gasteiger partial charge on any atom is -0.502 e. The van der Waals surface area contributed by atoms with Crippen molar-refractivity contribution in [3.8, 4) is 5.75 Å². The average molecular weight is 357 g/mol. The van der Waals surface area contributed by atoms with Crippen molar-refractivity contribution in [2.24, 2.45) is 19.8 Å². The van der Waals surface area contributed by atoms with Crippen LogP contribution >= 0.6 is 0 Å². The molecule has 0 aliphatic rings. The molecule has 1 atom stereocenters. The Morgan fingerprint density at radius 2 is 1.85 bits per heavy atom. The van der Waals surface area contributed by atoms with Crippen LogP contribution in [0.4, 0.5) is 0 Å². The van der Waals surface area contributed by atoms with Gasteiger partial charge in [0.2, 0.25) is 17.1 Å². The third-order valence-electron chi connectivity index (χ3n) is 4.49. The number of nitrogens with two attached hydrogens (primary N) is 1. The van der Waals surface area contributed by atoms with Crippen LogP contribution in [0.1, 0.15) is 29.4 Å². The van der Waals surface area contributed by atoms with Gasteiger partial charge in [0.15, 0.2) is 5.76 Å². The first-order valence-corrected chi connectivity index (χ1v) is 7.98. The van der Waals surface area contributed by atoms with Crippen molar-refractivity contribution in [2.75, 3.05) is 0 Å². The second-order valence-corrected chi connectivity index (χ2v) is 6.31. The van der Waals surface area contributed by atoms with E-state index in [4.69, 9.17) is 10.2 Å². The molecule has 2 heterocycles. The molecule has 2 aromatic heterocycles. The Kier molecular flexibility index (Phi) is 4.19. The SMILES string of the molecule is Cc1cc(=O)c(O)c(C(CC(N)=O)c2ccc3c(c2)n(C)c(=O)n3C)o1. The molecule has 1 amide bonds. The van der Waals surface area contributed by atoms with Gasteiger partial charge in [0.25, 0.3) is 0 Å². The topological polar surface area (TPSA) is 120 Å². The van der Waals surface area contributed by atoms with Gasteiger partial charge in [0.1, 0.15) is 5.76 Å². The van der Waals surface area contributed by atoms with Gasteiger partial charge in [-0.15, -0.1) is 0 Å². The van der Waals surface area contributed by atoms with Crippen LogP contribution in [0.25, 0.3) is 11.0 Å². The highest BCUT2D eigenvalue weighted by Gasteiger charge is 2.25. The van der Waals surface area contributed by atoms with Crippen molar-refractivity contribution in [2.45, 2.75) is 19.3 Å². The van der Waals surface area contributed by atoms with Crippen molar-refractivity contribution in [3.05, 3.63) is 62.1 Å². The number of hydrogen-bond acceptors (Lipinski definition) is 5. The summed E-state index contributed by atoms with van der Waals surface area (Å²) in [5.41, 5.74) is 6.55. The number of carbonyl (C=O) groups is 1. The molecule has 0 aliphatic carbocycles. The van der Waals surface area contributed by atoms with Crippen molar-refractivity contribution in [1.29, 1.82) is 0 Å². The highest BCUT2D eigenvalue weighted by atomic mass is 16.4. The summed E-state index contributed by atoms with van der Waals surface area (Å²) in [6.07, 6.45) is -0.160. The van der Waals surface area contributed by atoms with Crippen molar-refractivity contribution < 1.29 is 14.3 Å². The molecule has 8 heteroatoms. The molecule has 0 bridgehead atoms. The zero-order valence-corrected chi connectivity index (χ0v) is 14.6. The van der Waals surface area contributed by atoms with E-state index in [1.54, 1.807) is 39.2 Å². The molecule has 26 heavy (non-hydrogen) atoms. The Morgan fingerprint density at radius 1 is 1.19 bits per heavy atom. The Bertz CT molecular complexity index is 1140. The molecule has 0 spiro atoms. The smallest absolute Gasteiger partial charge is 0.328 e. The first kappa shape index (κ1) is 17.5. The molecule has 0 saturated carbocycles. The van der Waals surface area contributed by atoms with E-state index in [1.165, 1.54) is 15.2 Å². The summed E-state index contributed by atoms with van der Waals surface area (Å²) in [5, 5.41) is 10.2. The van der Waals surface area contributed by atoms with E-state index < -0.39 is 23.0 Å². The standard InChI is InChI=1S/C18H19N3O5/c1-9-6-14(22)16(24)17(26-9)11(8-15(19)23)10-4-5-12-13(7-10)21(3)18(25)20(12)2/h4-7,11,24H,8H2,1-3H3,(H2,19,23). The molecular weight excluding hydrogens is 338 g/mol. The molecule has 8 nitrogen and oxygen atoms in total. The number of rotatable bonds is 4. The number of aryl methyl sites for hydroxylation is 3. The summed E-state index contributed by atoms with van der Waals surface area (Å²) in [4.78, 5) is 35.6. The lowest BCUT2D eigenvalue weighted by atomic mass is 9.91. The van der Waals surface area contributed by atoms with Crippen LogP contribution in [0.15, 0.2) is 38.3 Å². The molecule has 1 unspecified atom stereocenters. The molecule has 3 aromatic rings. The van der Waals surface area contributed by atoms with Crippen LogP contribution in [0, 0.1) is 6.92 Å². The summed E-state index contributed by atoms with van der Waals surface area (Å²) < 4.78 is 8.53. The maximum absolute atomic E-state index is 12.1. The van der Waals surface area contributed by atoms with Crippen LogP contribution in [0.2, 0.25) is 0 Å². The minimum absolute atomic E-state index is 0.0194. The lowest BCUT2D eigenvalue weighted by molar-refractivity contribution is -0.118. The van der Waals surface area contributed by atoms with Gasteiger partial charge < -0.3 is 15.3 Å². The van der Waals surface area contributed by atoms with E-state index in [2.05, 4.69) is 0 Å². The van der Waals surface area contributed by atoms with E-state index in [1.807, 2.05) is 0 Å². The van der Waals surface area contributed by atoms with Crippen molar-refractivity contribution in [1.82, 2.24) is 9.13 Å². The fourth-order valence-corrected chi connectivity index (χ4v) is 3.17. The van der Waals surface area contributed by atoms with Gasteiger partial charge >= 0.3 is 5.69 Å². The minimum atomic E-state index is -0.750. The number of aromatic nitrogens is 2. The highest BCUT2D eigenvalue weighted by Crippen LogP contribution is 2.34. The molecule has 136 valence electrons. The first-order valence-electron chi connectivity index (χ1n) is 7.98. The van der Waals surface area contributed by atoms with Gasteiger partial charge in [-0.05, 0) is 24.6 Å². The molecule has 0 radical (unpaired) electrons. The highest BCUT2D eigenvalue weighted by molar-refractivity contribution is 5.79. The van der Waals surface area contributed by atoms with Gasteiger partial charge in [-0.1, -0.05) is 6.07 Å². The molecule has 0 saturated heterocycles. The number of amides is 1. The molecule has 3 N–H and O–H groups in total. The number of imidazole rings is 1. The first-order chi connectivity index (χ1) is 12.2. The number of primary amides is 1. The summed E-state index contributed by atoms with van der Waals surface area (Å²) in [6.45, 7) is 1.58. The van der Waals surface area contributed by atoms with E-state index in [0.29, 0.717) is 22.4 Å². The van der Waals surface area contributed by atoms with Gasteiger partial charge in [0, 0.05) is 26.6 Å². The molecule has 3 rings (SSSR count). The fraction of sp³-hybridized carbons (Fsp3) is 0.278. The quantitative estimate of drug-likeness (QED) is 0.717. The van der Waals surface area contributed by atoms with Crippen molar-refractivity contribution >= 4 is 16.9 Å². The Hall–Kier alpha value is -3.29. The second kappa shape index (κ2) is 6.21. The maximum atomic E-state index is 12.1. The Morgan fingerprint density at radius 3 is 2.50 bits per heavy atom. The van der Waals surface area contributed by atoms with Crippen LogP contribution < -0.4 is 16.9 Å². The molecule has 1 aromatic carbocycles. The maximum Gasteiger partial charge on any atom is 0.328 e. The number of fused-ring (bicyclic) bond motifs is 1. The van der Waals surface area contributed by atoms with E-state index in [-0.39, 0.29) is 17.9 Å². The third-order valence-corrected chi connectivity index (χ3v) is 4.49. The summed E-state index contributed by atoms with van der Waals surface area (Å²) in [7, 11) is 3.30. The van der Waals surface area contributed by atoms with Crippen LogP contribution in [0.5, 0.6) is 5.75 Å². The molecule has 0 aliphatic heterocycles. The van der Waals surface area contributed by atoms with Crippen LogP contribution in [0.3, 0.4) is 0 Å². The normalized spacial score (nSPS) is 12.4. The Labute approximate surface area is 148 Å². The summed E-state index contributed by atoms with van der Waals surface area (Å²) in [6, 6.07) is 6.36. The molecule has 0 fully saturated rings. The van der Waals surface area contributed by atoms with Crippen LogP contribution in [-0.4, -0.2) is 20.1 Å². The van der Waals surface area contributed by atoms with Crippen LogP contribution in [-0.2, 0) is 18.9 Å². The van der Waals surface area contributed by atoms with Crippen molar-refractivity contribution in [3.63, 3.8) is 0 Å². The number of nitrogens with zero attached hydrogens (tertiary/aromatic N) is 2. The zero-order chi connectivity index (χ0) is 19.2. The lowest BCUT2D eigenvalue weighted by Crippen LogP contribution is -2.19. The van der Waals surface area contributed by atoms with Gasteiger partial charge in [-0.2, -0.15) is 0 Å². The zero-order valence-electron chi connectivity index (χ0n) is 14.6. The van der Waals surface area contributed by atoms with E-state index in [0.717, 1.165) is 0 Å². The summed E-state index contributed by atoms with van der Waals surface area (Å²) in [5.74, 6) is -1.62. The predicted molar refractivity (Wildman–Crippen MR) is 95.2 cm³/mol. The van der Waals surface area contributed by atoms with Gasteiger partial charge in [0.05, 0.1) is 17.0 Å². The lowest BCUT2D eigenvalue weighted by Gasteiger charge is -2.17. The number of aromatic hydroxyl groups is 1. The van der Waals surface area contributed by atoms with Gasteiger partial charge in [-0.25, -0.2) is 4.79 Å². The van der Waals surface area contributed by atoms with Gasteiger partial charge in [-0.3, -0.25) is 18.7 Å². The monoisotopic (exact) mass is 357 g/mol. The predicted octanol–water partition coefficient (Wildman–Crippen LogP) is 0.852. The van der Waals surface area contributed by atoms with E-state index >= 15 is 0 Å². The Balaban J connectivity index is 2.26. The number of carbonyl (C=O) groups excluding carboxylic acids is 1. The second-order valence-electron chi connectivity index (χ2n) is 6.31. The average Bonchev–Trinajstić information content (AvgIpc) is 2.80. The van der Waals surface area contributed by atoms with E-state index in [9.17, 15) is 19.5 Å². The fourth-order valence-electron chi connectivity index (χ4n) is 3.17. The number of benzene rings is 1. The molecular formula is C18H19N3O5. The summed E-state index contributed by atoms with van der Waals surface area (Å²) >= 11 is 0. The largest absolute Gasteiger partial charge is 0.502 e. The third kappa shape index (κ3) is 2.79.